The Morgan fingerprint density at radius 3 is 1.62 bits per heavy atom. The number of hydrogen-bond acceptors (Lipinski definition) is 6. The summed E-state index contributed by atoms with van der Waals surface area (Å²) in [5.41, 5.74) is 16.0. The van der Waals surface area contributed by atoms with Gasteiger partial charge in [0.05, 0.1) is 6.61 Å². The quantitative estimate of drug-likeness (QED) is 0.599. The topological polar surface area (TPSA) is 104 Å². The van der Waals surface area contributed by atoms with Gasteiger partial charge in [0.15, 0.2) is 0 Å². The maximum absolute atomic E-state index is 11.1. The van der Waals surface area contributed by atoms with Crippen LogP contribution in [0.25, 0.3) is 0 Å². The zero-order valence-corrected chi connectivity index (χ0v) is 13.0. The molecule has 0 aromatic heterocycles. The second kappa shape index (κ2) is 11.2. The van der Waals surface area contributed by atoms with Gasteiger partial charge in [0.25, 0.3) is 0 Å². The van der Waals surface area contributed by atoms with Gasteiger partial charge in [-0.3, -0.25) is 4.18 Å². The summed E-state index contributed by atoms with van der Waals surface area (Å²) in [5, 5.41) is 0. The lowest BCUT2D eigenvalue weighted by molar-refractivity contribution is 0.180. The van der Waals surface area contributed by atoms with E-state index in [1.54, 1.807) is 0 Å². The van der Waals surface area contributed by atoms with Gasteiger partial charge in [-0.15, -0.1) is 37.2 Å². The molecule has 0 radical (unpaired) electrons. The van der Waals surface area contributed by atoms with Crippen molar-refractivity contribution in [2.24, 2.45) is 22.6 Å². The molecule has 0 aliphatic rings. The van der Waals surface area contributed by atoms with E-state index in [0.717, 1.165) is 0 Å². The molecule has 0 bridgehead atoms. The number of rotatable bonds is 6. The average Bonchev–Trinajstić information content (AvgIpc) is 2.06. The number of halogens is 3. The molecule has 0 heterocycles. The molecule has 0 amide bonds. The van der Waals surface area contributed by atoms with E-state index < -0.39 is 14.2 Å². The fraction of sp³-hybridized carbons (Fsp3) is 1.00. The van der Waals surface area contributed by atoms with Crippen molar-refractivity contribution in [3.8, 4) is 0 Å². The zero-order valence-electron chi connectivity index (χ0n) is 8.92. The highest BCUT2D eigenvalue weighted by atomic mass is 35.5. The van der Waals surface area contributed by atoms with Crippen molar-refractivity contribution in [3.05, 3.63) is 0 Å². The monoisotopic (exact) mass is 335 g/mol. The fourth-order valence-corrected chi connectivity index (χ4v) is 1.27. The summed E-state index contributed by atoms with van der Waals surface area (Å²) in [6.45, 7) is 1.04. The van der Waals surface area contributed by atoms with Gasteiger partial charge in [-0.05, 0) is 0 Å². The number of nitrogens with two attached hydrogens (primary N) is 3. The summed E-state index contributed by atoms with van der Waals surface area (Å²) in [5.74, 6) is 0. The van der Waals surface area contributed by atoms with Gasteiger partial charge in [0.1, 0.15) is 8.77 Å². The summed E-state index contributed by atoms with van der Waals surface area (Å²) in [6.07, 6.45) is 1.34. The molecule has 1 unspecified atom stereocenters. The van der Waals surface area contributed by atoms with Crippen molar-refractivity contribution in [1.82, 2.24) is 0 Å². The molecule has 0 rings (SSSR count). The van der Waals surface area contributed by atoms with Crippen LogP contribution in [-0.2, 0) is 24.1 Å². The Morgan fingerprint density at radius 2 is 1.44 bits per heavy atom. The molecule has 0 aromatic rings. The lowest BCUT2D eigenvalue weighted by atomic mass is 9.90. The van der Waals surface area contributed by atoms with Gasteiger partial charge in [0.2, 0.25) is 0 Å². The molecule has 0 fully saturated rings. The summed E-state index contributed by atoms with van der Waals surface area (Å²) >= 11 is 4.58. The summed E-state index contributed by atoms with van der Waals surface area (Å²) in [4.78, 5) is 0. The van der Waals surface area contributed by atoms with Crippen LogP contribution in [0.5, 0.6) is 0 Å². The Bertz CT molecular complexity index is 239. The Hall–Kier alpha value is 1.08. The highest BCUT2D eigenvalue weighted by Gasteiger charge is 2.26. The Kier molecular flexibility index (Phi) is 18.0. The molecule has 10 heteroatoms. The predicted octanol–water partition coefficient (Wildman–Crippen LogP) is -0.578. The van der Waals surface area contributed by atoms with Crippen molar-refractivity contribution in [3.63, 3.8) is 0 Å². The lowest BCUT2D eigenvalue weighted by Crippen LogP contribution is -2.47. The highest BCUT2D eigenvalue weighted by Crippen LogP contribution is 2.13. The number of hydrogen-bond donors (Lipinski definition) is 3. The van der Waals surface area contributed by atoms with Gasteiger partial charge in [-0.25, -0.2) is 4.21 Å². The SMILES string of the molecule is CS(=O)(=S)OCC(CN)(CN)CN.Cl.Cl.Cl. The molecule has 1 atom stereocenters. The first-order valence-electron chi connectivity index (χ1n) is 3.84. The Morgan fingerprint density at radius 1 is 1.12 bits per heavy atom. The molecule has 104 valence electrons. The molecule has 0 saturated carbocycles. The van der Waals surface area contributed by atoms with E-state index in [0.29, 0.717) is 19.6 Å². The molecule has 0 aliphatic heterocycles. The molecular weight excluding hydrogens is 317 g/mol. The van der Waals surface area contributed by atoms with Gasteiger partial charge < -0.3 is 17.2 Å². The maximum atomic E-state index is 11.1. The lowest BCUT2D eigenvalue weighted by Gasteiger charge is -2.28. The third kappa shape index (κ3) is 10.2. The second-order valence-corrected chi connectivity index (χ2v) is 6.54. The van der Waals surface area contributed by atoms with E-state index in [-0.39, 0.29) is 43.8 Å². The standard InChI is InChI=1S/C6H17N3O2S2.3ClH/c1-13(10,12)11-5-6(2-7,3-8)4-9;;;/h2-5,7-9H2,1H3;3*1H. The molecule has 0 aliphatic carbocycles. The van der Waals surface area contributed by atoms with Crippen LogP contribution in [0.3, 0.4) is 0 Å². The Balaban J connectivity index is -0.000000240. The van der Waals surface area contributed by atoms with E-state index >= 15 is 0 Å². The third-order valence-corrected chi connectivity index (χ3v) is 2.71. The van der Waals surface area contributed by atoms with Crippen molar-refractivity contribution >= 4 is 57.2 Å². The van der Waals surface area contributed by atoms with E-state index in [9.17, 15) is 4.21 Å². The summed E-state index contributed by atoms with van der Waals surface area (Å²) < 4.78 is 16.0. The van der Waals surface area contributed by atoms with E-state index in [2.05, 4.69) is 11.2 Å². The minimum Gasteiger partial charge on any atom is -0.330 e. The molecule has 16 heavy (non-hydrogen) atoms. The first kappa shape index (κ1) is 25.8. The zero-order chi connectivity index (χ0) is 10.5. The predicted molar refractivity (Wildman–Crippen MR) is 78.7 cm³/mol. The highest BCUT2D eigenvalue weighted by molar-refractivity contribution is 8.29. The first-order chi connectivity index (χ1) is 5.89. The normalized spacial score (nSPS) is 13.8. The van der Waals surface area contributed by atoms with E-state index in [1.807, 2.05) is 0 Å². The van der Waals surface area contributed by atoms with Crippen LogP contribution in [0.2, 0.25) is 0 Å². The van der Waals surface area contributed by atoms with E-state index in [1.165, 1.54) is 6.26 Å². The van der Waals surface area contributed by atoms with Crippen LogP contribution in [0.15, 0.2) is 0 Å². The molecule has 0 saturated heterocycles. The van der Waals surface area contributed by atoms with Crippen LogP contribution in [0.4, 0.5) is 0 Å². The molecule has 0 spiro atoms. The minimum atomic E-state index is -2.62. The van der Waals surface area contributed by atoms with Gasteiger partial charge in [0, 0.05) is 42.5 Å². The maximum Gasteiger partial charge on any atom is 0.141 e. The minimum absolute atomic E-state index is 0. The third-order valence-electron chi connectivity index (χ3n) is 1.88. The smallest absolute Gasteiger partial charge is 0.141 e. The van der Waals surface area contributed by atoms with Crippen LogP contribution in [-0.4, -0.2) is 36.7 Å². The van der Waals surface area contributed by atoms with Crippen molar-refractivity contribution in [2.75, 3.05) is 32.5 Å². The summed E-state index contributed by atoms with van der Waals surface area (Å²) in [7, 11) is -2.62. The van der Waals surface area contributed by atoms with Crippen LogP contribution in [0.1, 0.15) is 0 Å². The molecular formula is C6H20Cl3N3O2S2. The summed E-state index contributed by atoms with van der Waals surface area (Å²) in [6, 6.07) is 0. The molecule has 6 N–H and O–H groups in total. The van der Waals surface area contributed by atoms with Crippen LogP contribution < -0.4 is 17.2 Å². The van der Waals surface area contributed by atoms with Crippen LogP contribution >= 0.6 is 37.2 Å². The molecule has 0 aromatic carbocycles. The first-order valence-corrected chi connectivity index (χ1v) is 6.65. The fourth-order valence-electron chi connectivity index (χ4n) is 0.659. The van der Waals surface area contributed by atoms with Crippen LogP contribution in [0, 0.1) is 5.41 Å². The van der Waals surface area contributed by atoms with Crippen molar-refractivity contribution in [1.29, 1.82) is 0 Å². The van der Waals surface area contributed by atoms with Crippen molar-refractivity contribution in [2.45, 2.75) is 0 Å². The largest absolute Gasteiger partial charge is 0.330 e. The van der Waals surface area contributed by atoms with Gasteiger partial charge in [-0.1, -0.05) is 0 Å². The van der Waals surface area contributed by atoms with Crippen molar-refractivity contribution < 1.29 is 8.39 Å². The van der Waals surface area contributed by atoms with E-state index in [4.69, 9.17) is 21.4 Å². The van der Waals surface area contributed by atoms with Gasteiger partial charge in [-0.2, -0.15) is 0 Å². The molecule has 5 nitrogen and oxygen atoms in total. The van der Waals surface area contributed by atoms with Gasteiger partial charge >= 0.3 is 0 Å². The second-order valence-electron chi connectivity index (χ2n) is 3.08. The average molecular weight is 337 g/mol. The Labute approximate surface area is 120 Å².